The van der Waals surface area contributed by atoms with E-state index in [1.165, 1.54) is 25.4 Å². The van der Waals surface area contributed by atoms with E-state index in [1.807, 2.05) is 0 Å². The van der Waals surface area contributed by atoms with Crippen molar-refractivity contribution in [1.82, 2.24) is 4.98 Å². The lowest BCUT2D eigenvalue weighted by Gasteiger charge is -2.10. The van der Waals surface area contributed by atoms with Crippen LogP contribution in [0.3, 0.4) is 0 Å². The van der Waals surface area contributed by atoms with Crippen molar-refractivity contribution in [3.63, 3.8) is 0 Å². The average Bonchev–Trinajstić information content (AvgIpc) is 2.92. The molecule has 0 saturated carbocycles. The number of rotatable bonds is 3. The molecule has 1 aliphatic rings. The van der Waals surface area contributed by atoms with E-state index >= 15 is 0 Å². The van der Waals surface area contributed by atoms with Gasteiger partial charge in [0.05, 0.1) is 12.7 Å². The molecule has 96 valence electrons. The number of aromatic nitrogens is 1. The Hall–Kier alpha value is -1.95. The van der Waals surface area contributed by atoms with E-state index in [0.29, 0.717) is 24.4 Å². The molecule has 18 heavy (non-hydrogen) atoms. The van der Waals surface area contributed by atoms with E-state index in [-0.39, 0.29) is 5.91 Å². The van der Waals surface area contributed by atoms with Crippen molar-refractivity contribution in [3.8, 4) is 0 Å². The van der Waals surface area contributed by atoms with Gasteiger partial charge in [-0.3, -0.25) is 4.79 Å². The van der Waals surface area contributed by atoms with Crippen molar-refractivity contribution >= 4 is 17.7 Å². The lowest BCUT2D eigenvalue weighted by atomic mass is 10.2. The van der Waals surface area contributed by atoms with E-state index < -0.39 is 12.1 Å². The van der Waals surface area contributed by atoms with Crippen molar-refractivity contribution in [2.45, 2.75) is 18.9 Å². The number of amides is 1. The summed E-state index contributed by atoms with van der Waals surface area (Å²) in [4.78, 5) is 27.1. The topological polar surface area (TPSA) is 77.5 Å². The average molecular weight is 250 g/mol. The Morgan fingerprint density at radius 1 is 1.56 bits per heavy atom. The molecule has 2 heterocycles. The molecule has 1 aliphatic heterocycles. The van der Waals surface area contributed by atoms with Crippen LogP contribution in [0, 0.1) is 0 Å². The normalized spacial score (nSPS) is 18.4. The van der Waals surface area contributed by atoms with Crippen molar-refractivity contribution in [2.75, 3.05) is 19.0 Å². The SMILES string of the molecule is COC(=O)c1ccnc(NC(=O)C2CCCO2)c1. The minimum absolute atomic E-state index is 0.234. The number of hydrogen-bond acceptors (Lipinski definition) is 5. The zero-order valence-electron chi connectivity index (χ0n) is 10.0. The molecule has 1 atom stereocenters. The molecule has 0 spiro atoms. The minimum atomic E-state index is -0.468. The summed E-state index contributed by atoms with van der Waals surface area (Å²) in [7, 11) is 1.30. The summed E-state index contributed by atoms with van der Waals surface area (Å²) in [5.74, 6) is -0.384. The van der Waals surface area contributed by atoms with Crippen molar-refractivity contribution in [2.24, 2.45) is 0 Å². The van der Waals surface area contributed by atoms with Gasteiger partial charge < -0.3 is 14.8 Å². The highest BCUT2D eigenvalue weighted by molar-refractivity contribution is 5.95. The maximum absolute atomic E-state index is 11.8. The number of carbonyl (C=O) groups is 2. The summed E-state index contributed by atoms with van der Waals surface area (Å²) in [6, 6.07) is 2.99. The minimum Gasteiger partial charge on any atom is -0.465 e. The van der Waals surface area contributed by atoms with Gasteiger partial charge in [-0.2, -0.15) is 0 Å². The van der Waals surface area contributed by atoms with Gasteiger partial charge in [0.25, 0.3) is 5.91 Å². The summed E-state index contributed by atoms with van der Waals surface area (Å²) in [6.45, 7) is 0.605. The number of pyridine rings is 1. The number of anilines is 1. The summed E-state index contributed by atoms with van der Waals surface area (Å²) < 4.78 is 9.85. The van der Waals surface area contributed by atoms with Crippen LogP contribution < -0.4 is 5.32 Å². The van der Waals surface area contributed by atoms with E-state index in [0.717, 1.165) is 6.42 Å². The van der Waals surface area contributed by atoms with Gasteiger partial charge in [-0.25, -0.2) is 9.78 Å². The summed E-state index contributed by atoms with van der Waals surface area (Å²) in [5.41, 5.74) is 0.343. The molecular formula is C12H14N2O4. The van der Waals surface area contributed by atoms with Crippen LogP contribution in [0.5, 0.6) is 0 Å². The maximum Gasteiger partial charge on any atom is 0.338 e. The summed E-state index contributed by atoms with van der Waals surface area (Å²) in [6.07, 6.45) is 2.61. The standard InChI is InChI=1S/C12H14N2O4/c1-17-12(16)8-4-5-13-10(7-8)14-11(15)9-3-2-6-18-9/h4-5,7,9H,2-3,6H2,1H3,(H,13,14,15). The monoisotopic (exact) mass is 250 g/mol. The third kappa shape index (κ3) is 2.84. The second-order valence-electron chi connectivity index (χ2n) is 3.91. The molecule has 0 aromatic carbocycles. The van der Waals surface area contributed by atoms with Gasteiger partial charge in [0.2, 0.25) is 0 Å². The second kappa shape index (κ2) is 5.59. The van der Waals surface area contributed by atoms with Gasteiger partial charge in [-0.05, 0) is 25.0 Å². The molecule has 2 rings (SSSR count). The van der Waals surface area contributed by atoms with E-state index in [4.69, 9.17) is 4.74 Å². The zero-order valence-corrected chi connectivity index (χ0v) is 10.0. The van der Waals surface area contributed by atoms with Crippen LogP contribution in [-0.4, -0.2) is 36.7 Å². The maximum atomic E-state index is 11.8. The third-order valence-electron chi connectivity index (χ3n) is 2.65. The largest absolute Gasteiger partial charge is 0.465 e. The Bertz CT molecular complexity index is 455. The van der Waals surface area contributed by atoms with Gasteiger partial charge in [0.15, 0.2) is 0 Å². The molecular weight excluding hydrogens is 236 g/mol. The number of carbonyl (C=O) groups excluding carboxylic acids is 2. The van der Waals surface area contributed by atoms with Crippen LogP contribution in [0.25, 0.3) is 0 Å². The van der Waals surface area contributed by atoms with Crippen LogP contribution >= 0.6 is 0 Å². The van der Waals surface area contributed by atoms with Crippen LogP contribution in [0.4, 0.5) is 5.82 Å². The Balaban J connectivity index is 2.04. The Labute approximate surface area is 104 Å². The number of esters is 1. The van der Waals surface area contributed by atoms with Crippen molar-refractivity contribution < 1.29 is 19.1 Å². The molecule has 6 nitrogen and oxygen atoms in total. The first-order chi connectivity index (χ1) is 8.70. The lowest BCUT2D eigenvalue weighted by molar-refractivity contribution is -0.124. The highest BCUT2D eigenvalue weighted by atomic mass is 16.5. The molecule has 0 aliphatic carbocycles. The van der Waals surface area contributed by atoms with E-state index in [9.17, 15) is 9.59 Å². The van der Waals surface area contributed by atoms with Gasteiger partial charge in [-0.15, -0.1) is 0 Å². The number of nitrogens with one attached hydrogen (secondary N) is 1. The lowest BCUT2D eigenvalue weighted by Crippen LogP contribution is -2.27. The second-order valence-corrected chi connectivity index (χ2v) is 3.91. The quantitative estimate of drug-likeness (QED) is 0.809. The molecule has 1 saturated heterocycles. The highest BCUT2D eigenvalue weighted by Crippen LogP contribution is 2.15. The smallest absolute Gasteiger partial charge is 0.338 e. The zero-order chi connectivity index (χ0) is 13.0. The molecule has 0 bridgehead atoms. The Morgan fingerprint density at radius 2 is 2.39 bits per heavy atom. The number of ether oxygens (including phenoxy) is 2. The van der Waals surface area contributed by atoms with E-state index in [2.05, 4.69) is 15.0 Å². The predicted molar refractivity (Wildman–Crippen MR) is 63.2 cm³/mol. The van der Waals surface area contributed by atoms with Crippen LogP contribution in [-0.2, 0) is 14.3 Å². The van der Waals surface area contributed by atoms with Gasteiger partial charge in [-0.1, -0.05) is 0 Å². The van der Waals surface area contributed by atoms with E-state index in [1.54, 1.807) is 0 Å². The first-order valence-electron chi connectivity index (χ1n) is 5.67. The molecule has 1 unspecified atom stereocenters. The fraction of sp³-hybridized carbons (Fsp3) is 0.417. The van der Waals surface area contributed by atoms with Crippen LogP contribution in [0.2, 0.25) is 0 Å². The molecule has 1 fully saturated rings. The van der Waals surface area contributed by atoms with Crippen molar-refractivity contribution in [1.29, 1.82) is 0 Å². The van der Waals surface area contributed by atoms with Crippen LogP contribution in [0.1, 0.15) is 23.2 Å². The molecule has 0 radical (unpaired) electrons. The van der Waals surface area contributed by atoms with Gasteiger partial charge in [0, 0.05) is 12.8 Å². The molecule has 1 N–H and O–H groups in total. The first-order valence-corrected chi connectivity index (χ1v) is 5.67. The fourth-order valence-electron chi connectivity index (χ4n) is 1.73. The molecule has 1 aromatic heterocycles. The number of hydrogen-bond donors (Lipinski definition) is 1. The van der Waals surface area contributed by atoms with Gasteiger partial charge in [0.1, 0.15) is 11.9 Å². The summed E-state index contributed by atoms with van der Waals surface area (Å²) in [5, 5.41) is 2.62. The molecule has 6 heteroatoms. The molecule has 1 aromatic rings. The number of methoxy groups -OCH3 is 1. The Morgan fingerprint density at radius 3 is 3.06 bits per heavy atom. The highest BCUT2D eigenvalue weighted by Gasteiger charge is 2.23. The molecule has 1 amide bonds. The van der Waals surface area contributed by atoms with Crippen molar-refractivity contribution in [3.05, 3.63) is 23.9 Å². The summed E-state index contributed by atoms with van der Waals surface area (Å²) >= 11 is 0. The number of nitrogens with zero attached hydrogens (tertiary/aromatic N) is 1. The Kier molecular flexibility index (Phi) is 3.88. The van der Waals surface area contributed by atoms with Gasteiger partial charge >= 0.3 is 5.97 Å². The van der Waals surface area contributed by atoms with Crippen LogP contribution in [0.15, 0.2) is 18.3 Å². The predicted octanol–water partition coefficient (Wildman–Crippen LogP) is 0.986. The first kappa shape index (κ1) is 12.5. The third-order valence-corrected chi connectivity index (χ3v) is 2.65. The fourth-order valence-corrected chi connectivity index (χ4v) is 1.73.